The fourth-order valence-corrected chi connectivity index (χ4v) is 1.24. The summed E-state index contributed by atoms with van der Waals surface area (Å²) in [6.07, 6.45) is 5.73. The second-order valence-electron chi connectivity index (χ2n) is 2.77. The molecule has 0 unspecified atom stereocenters. The molecule has 0 saturated carbocycles. The van der Waals surface area contributed by atoms with Crippen molar-refractivity contribution in [3.8, 4) is 23.7 Å². The van der Waals surface area contributed by atoms with Gasteiger partial charge in [0.15, 0.2) is 0 Å². The van der Waals surface area contributed by atoms with Crippen LogP contribution in [0.2, 0.25) is 0 Å². The minimum atomic E-state index is -0.120. The molecule has 1 aliphatic rings. The van der Waals surface area contributed by atoms with Crippen LogP contribution < -0.4 is 0 Å². The molecule has 0 amide bonds. The van der Waals surface area contributed by atoms with Crippen LogP contribution in [0.3, 0.4) is 0 Å². The number of aliphatic hydroxyl groups is 2. The van der Waals surface area contributed by atoms with Crippen molar-refractivity contribution in [2.75, 3.05) is 13.2 Å². The molecule has 0 aromatic carbocycles. The molecular weight excluding hydrogens is 176 g/mol. The Morgan fingerprint density at radius 1 is 1.29 bits per heavy atom. The Labute approximate surface area is 84.0 Å². The standard InChI is InChI=1S/C12H12O2/c13-9-2-1-5-11-6-3-7-12(11)8-4-10-14/h5,7,13-14H,3,6,9-10H2/b11-5+. The van der Waals surface area contributed by atoms with E-state index in [-0.39, 0.29) is 13.2 Å². The van der Waals surface area contributed by atoms with Crippen LogP contribution in [0.25, 0.3) is 0 Å². The third kappa shape index (κ3) is 3.11. The summed E-state index contributed by atoms with van der Waals surface area (Å²) in [4.78, 5) is 0. The van der Waals surface area contributed by atoms with Gasteiger partial charge in [-0.2, -0.15) is 0 Å². The Kier molecular flexibility index (Phi) is 4.58. The maximum atomic E-state index is 8.55. The second kappa shape index (κ2) is 6.05. The molecule has 2 nitrogen and oxygen atoms in total. The largest absolute Gasteiger partial charge is 0.384 e. The highest BCUT2D eigenvalue weighted by Crippen LogP contribution is 2.23. The van der Waals surface area contributed by atoms with Crippen molar-refractivity contribution >= 4 is 0 Å². The summed E-state index contributed by atoms with van der Waals surface area (Å²) in [5, 5.41) is 17.0. The van der Waals surface area contributed by atoms with E-state index in [1.54, 1.807) is 6.08 Å². The van der Waals surface area contributed by atoms with Gasteiger partial charge in [0.2, 0.25) is 0 Å². The van der Waals surface area contributed by atoms with Crippen molar-refractivity contribution in [2.45, 2.75) is 12.8 Å². The van der Waals surface area contributed by atoms with Gasteiger partial charge in [-0.15, -0.1) is 0 Å². The van der Waals surface area contributed by atoms with Crippen LogP contribution >= 0.6 is 0 Å². The van der Waals surface area contributed by atoms with Gasteiger partial charge >= 0.3 is 0 Å². The van der Waals surface area contributed by atoms with Crippen molar-refractivity contribution < 1.29 is 10.2 Å². The van der Waals surface area contributed by atoms with Crippen LogP contribution in [0.1, 0.15) is 12.8 Å². The Bertz CT molecular complexity index is 367. The Morgan fingerprint density at radius 2 is 2.07 bits per heavy atom. The highest BCUT2D eigenvalue weighted by molar-refractivity contribution is 5.51. The van der Waals surface area contributed by atoms with E-state index in [1.165, 1.54) is 0 Å². The van der Waals surface area contributed by atoms with Gasteiger partial charge in [-0.05, 0) is 24.5 Å². The fraction of sp³-hybridized carbons (Fsp3) is 0.333. The quantitative estimate of drug-likeness (QED) is 0.547. The van der Waals surface area contributed by atoms with E-state index in [4.69, 9.17) is 10.2 Å². The van der Waals surface area contributed by atoms with Gasteiger partial charge in [0.05, 0.1) is 0 Å². The van der Waals surface area contributed by atoms with Gasteiger partial charge in [-0.25, -0.2) is 0 Å². The first-order valence-electron chi connectivity index (χ1n) is 4.47. The number of hydrogen-bond acceptors (Lipinski definition) is 2. The average Bonchev–Trinajstić information content (AvgIpc) is 2.63. The SMILES string of the molecule is OCC#C/C=C1\CCC=C1C#CCO. The summed E-state index contributed by atoms with van der Waals surface area (Å²) in [5.74, 6) is 10.8. The van der Waals surface area contributed by atoms with Crippen LogP contribution in [-0.2, 0) is 0 Å². The molecule has 0 spiro atoms. The molecule has 0 atom stereocenters. The molecule has 0 fully saturated rings. The van der Waals surface area contributed by atoms with E-state index in [1.807, 2.05) is 6.08 Å². The molecule has 1 rings (SSSR count). The minimum Gasteiger partial charge on any atom is -0.384 e. The summed E-state index contributed by atoms with van der Waals surface area (Å²) < 4.78 is 0. The number of allylic oxidation sites excluding steroid dienone is 4. The molecule has 0 heterocycles. The zero-order valence-corrected chi connectivity index (χ0v) is 7.88. The summed E-state index contributed by atoms with van der Waals surface area (Å²) in [5.41, 5.74) is 2.04. The molecule has 1 aliphatic carbocycles. The van der Waals surface area contributed by atoms with Crippen molar-refractivity contribution in [1.82, 2.24) is 0 Å². The summed E-state index contributed by atoms with van der Waals surface area (Å²) in [7, 11) is 0. The van der Waals surface area contributed by atoms with E-state index < -0.39 is 0 Å². The maximum Gasteiger partial charge on any atom is 0.104 e. The monoisotopic (exact) mass is 188 g/mol. The smallest absolute Gasteiger partial charge is 0.104 e. The molecule has 2 heteroatoms. The van der Waals surface area contributed by atoms with Gasteiger partial charge in [-0.3, -0.25) is 0 Å². The third-order valence-electron chi connectivity index (χ3n) is 1.84. The average molecular weight is 188 g/mol. The van der Waals surface area contributed by atoms with Gasteiger partial charge in [0.25, 0.3) is 0 Å². The molecule has 14 heavy (non-hydrogen) atoms. The first-order chi connectivity index (χ1) is 6.88. The normalized spacial score (nSPS) is 16.7. The lowest BCUT2D eigenvalue weighted by Crippen LogP contribution is -1.81. The van der Waals surface area contributed by atoms with Crippen LogP contribution in [0.5, 0.6) is 0 Å². The minimum absolute atomic E-state index is 0.118. The summed E-state index contributed by atoms with van der Waals surface area (Å²) >= 11 is 0. The lowest BCUT2D eigenvalue weighted by atomic mass is 10.1. The zero-order valence-electron chi connectivity index (χ0n) is 7.88. The molecule has 0 bridgehead atoms. The van der Waals surface area contributed by atoms with Gasteiger partial charge < -0.3 is 10.2 Å². The number of aliphatic hydroxyl groups excluding tert-OH is 2. The second-order valence-corrected chi connectivity index (χ2v) is 2.77. The maximum absolute atomic E-state index is 8.55. The number of rotatable bonds is 0. The predicted molar refractivity (Wildman–Crippen MR) is 55.1 cm³/mol. The molecule has 0 aromatic heterocycles. The molecule has 0 saturated heterocycles. The van der Waals surface area contributed by atoms with E-state index in [9.17, 15) is 0 Å². The lowest BCUT2D eigenvalue weighted by Gasteiger charge is -1.93. The highest BCUT2D eigenvalue weighted by atomic mass is 16.3. The molecule has 2 N–H and O–H groups in total. The Morgan fingerprint density at radius 3 is 2.79 bits per heavy atom. The lowest BCUT2D eigenvalue weighted by molar-refractivity contribution is 0.350. The van der Waals surface area contributed by atoms with Crippen LogP contribution in [0.15, 0.2) is 23.3 Å². The molecular formula is C12H12O2. The first-order valence-corrected chi connectivity index (χ1v) is 4.47. The van der Waals surface area contributed by atoms with Crippen LogP contribution in [0, 0.1) is 23.7 Å². The van der Waals surface area contributed by atoms with E-state index in [2.05, 4.69) is 23.7 Å². The molecule has 0 radical (unpaired) electrons. The van der Waals surface area contributed by atoms with Crippen molar-refractivity contribution in [3.05, 3.63) is 23.3 Å². The highest BCUT2D eigenvalue weighted by Gasteiger charge is 2.07. The molecule has 0 aromatic rings. The van der Waals surface area contributed by atoms with E-state index in [0.717, 1.165) is 24.0 Å². The Balaban J connectivity index is 2.72. The van der Waals surface area contributed by atoms with Gasteiger partial charge in [0.1, 0.15) is 13.2 Å². The predicted octanol–water partition coefficient (Wildman–Crippen LogP) is 0.624. The molecule has 72 valence electrons. The van der Waals surface area contributed by atoms with Crippen molar-refractivity contribution in [1.29, 1.82) is 0 Å². The van der Waals surface area contributed by atoms with Crippen molar-refractivity contribution in [2.24, 2.45) is 0 Å². The first kappa shape index (κ1) is 10.6. The van der Waals surface area contributed by atoms with Crippen LogP contribution in [0.4, 0.5) is 0 Å². The van der Waals surface area contributed by atoms with Crippen molar-refractivity contribution in [3.63, 3.8) is 0 Å². The topological polar surface area (TPSA) is 40.5 Å². The summed E-state index contributed by atoms with van der Waals surface area (Å²) in [6, 6.07) is 0. The van der Waals surface area contributed by atoms with Crippen LogP contribution in [-0.4, -0.2) is 23.4 Å². The van der Waals surface area contributed by atoms with Gasteiger partial charge in [-0.1, -0.05) is 29.8 Å². The van der Waals surface area contributed by atoms with Gasteiger partial charge in [0, 0.05) is 5.57 Å². The number of hydrogen-bond donors (Lipinski definition) is 2. The summed E-state index contributed by atoms with van der Waals surface area (Å²) in [6.45, 7) is -0.238. The van der Waals surface area contributed by atoms with E-state index in [0.29, 0.717) is 0 Å². The zero-order chi connectivity index (χ0) is 10.2. The third-order valence-corrected chi connectivity index (χ3v) is 1.84. The molecule has 0 aliphatic heterocycles. The fourth-order valence-electron chi connectivity index (χ4n) is 1.24. The Hall–Kier alpha value is -1.48. The van der Waals surface area contributed by atoms with E-state index >= 15 is 0 Å².